The van der Waals surface area contributed by atoms with Gasteiger partial charge in [0.05, 0.1) is 32.3 Å². The van der Waals surface area contributed by atoms with Gasteiger partial charge in [-0.3, -0.25) is 14.2 Å². The van der Waals surface area contributed by atoms with Crippen molar-refractivity contribution in [3.63, 3.8) is 0 Å². The number of esters is 2. The second kappa shape index (κ2) is 15.9. The maximum atomic E-state index is 15.1. The fraction of sp³-hybridized carbons (Fsp3) is 0.486. The third-order valence-corrected chi connectivity index (χ3v) is 11.5. The van der Waals surface area contributed by atoms with Gasteiger partial charge in [0, 0.05) is 0 Å². The highest BCUT2D eigenvalue weighted by Gasteiger charge is 2.85. The molecule has 2 aromatic carbocycles. The molecule has 1 aliphatic carbocycles. The molecular formula is C37H48N7O10P. The first kappa shape index (κ1) is 40.2. The minimum absolute atomic E-state index is 0.0565. The van der Waals surface area contributed by atoms with Crippen LogP contribution in [0, 0.1) is 0 Å². The standard InChI is InChI=1S/C37H48N7O10P/c1-21(2)52-32(46)25(17-23-13-9-7-10-14-23)42-55(49,43-26(33(47)53-22(3)4)18-24-15-11-8-12-16-24)51-19-27-29(45)37(48)34(36(37,5)54-27)44-20-39-28-30(44)40-35(38)41-31(28)50-6/h7-16,20-22,25-27,29,34,45,48H,17-19H2,1-6H3,(H2,38,40,41)(H2,42,43,49)/t25?,26?,27-,29?,34-,36?,37?,55?/m1/s1. The van der Waals surface area contributed by atoms with Crippen LogP contribution in [0.1, 0.15) is 51.8 Å². The van der Waals surface area contributed by atoms with Crippen LogP contribution >= 0.6 is 7.67 Å². The van der Waals surface area contributed by atoms with E-state index in [2.05, 4.69) is 25.1 Å². The van der Waals surface area contributed by atoms with E-state index in [4.69, 9.17) is 29.2 Å². The molecule has 0 amide bonds. The summed E-state index contributed by atoms with van der Waals surface area (Å²) in [4.78, 5) is 39.7. The van der Waals surface area contributed by atoms with Crippen LogP contribution in [-0.2, 0) is 45.7 Å². The van der Waals surface area contributed by atoms with E-state index in [1.165, 1.54) is 18.0 Å². The van der Waals surface area contributed by atoms with Crippen LogP contribution in [0.4, 0.5) is 5.95 Å². The van der Waals surface area contributed by atoms with Crippen molar-refractivity contribution in [2.45, 2.75) is 101 Å². The van der Waals surface area contributed by atoms with Crippen LogP contribution in [-0.4, -0.2) is 103 Å². The summed E-state index contributed by atoms with van der Waals surface area (Å²) in [6, 6.07) is 14.8. The molecule has 2 aromatic heterocycles. The third-order valence-electron chi connectivity index (χ3n) is 9.64. The number of nitrogen functional groups attached to an aromatic ring is 1. The quantitative estimate of drug-likeness (QED) is 0.0766. The van der Waals surface area contributed by atoms with E-state index in [1.807, 2.05) is 36.4 Å². The number of carbonyl (C=O) groups is 2. The summed E-state index contributed by atoms with van der Waals surface area (Å²) < 4.78 is 45.4. The molecule has 0 radical (unpaired) electrons. The topological polar surface area (TPSA) is 231 Å². The zero-order valence-electron chi connectivity index (χ0n) is 31.5. The van der Waals surface area contributed by atoms with E-state index in [-0.39, 0.29) is 30.3 Å². The second-order valence-corrected chi connectivity index (χ2v) is 16.3. The maximum Gasteiger partial charge on any atom is 0.342 e. The molecule has 4 aromatic rings. The van der Waals surface area contributed by atoms with Crippen molar-refractivity contribution in [1.82, 2.24) is 29.7 Å². The van der Waals surface area contributed by atoms with Crippen molar-refractivity contribution in [2.75, 3.05) is 19.5 Å². The first-order valence-electron chi connectivity index (χ1n) is 18.0. The van der Waals surface area contributed by atoms with E-state index in [0.717, 1.165) is 11.1 Å². The number of ether oxygens (including phenoxy) is 4. The molecule has 7 atom stereocenters. The average Bonchev–Trinajstić information content (AvgIpc) is 3.33. The molecule has 6 rings (SSSR count). The first-order chi connectivity index (χ1) is 26.1. The third kappa shape index (κ3) is 8.24. The van der Waals surface area contributed by atoms with Gasteiger partial charge in [-0.2, -0.15) is 9.97 Å². The van der Waals surface area contributed by atoms with Crippen molar-refractivity contribution in [3.05, 3.63) is 78.1 Å². The van der Waals surface area contributed by atoms with E-state index in [1.54, 1.807) is 58.9 Å². The van der Waals surface area contributed by atoms with E-state index in [0.29, 0.717) is 5.52 Å². The summed E-state index contributed by atoms with van der Waals surface area (Å²) in [5.41, 5.74) is 4.69. The molecule has 1 saturated heterocycles. The number of aliphatic hydroxyl groups is 2. The van der Waals surface area contributed by atoms with Crippen LogP contribution in [0.2, 0.25) is 0 Å². The molecule has 55 heavy (non-hydrogen) atoms. The van der Waals surface area contributed by atoms with Gasteiger partial charge in [0.25, 0.3) is 0 Å². The Balaban J connectivity index is 1.28. The molecule has 2 aliphatic rings. The molecule has 5 unspecified atom stereocenters. The van der Waals surface area contributed by atoms with E-state index < -0.39 is 80.0 Å². The first-order valence-corrected chi connectivity index (χ1v) is 19.6. The van der Waals surface area contributed by atoms with Gasteiger partial charge in [0.15, 0.2) is 11.2 Å². The van der Waals surface area contributed by atoms with Crippen molar-refractivity contribution in [2.24, 2.45) is 0 Å². The lowest BCUT2D eigenvalue weighted by Gasteiger charge is -2.31. The Bertz CT molecular complexity index is 1960. The molecular weight excluding hydrogens is 733 g/mol. The number of carbonyl (C=O) groups excluding carboxylic acids is 2. The molecule has 18 heteroatoms. The van der Waals surface area contributed by atoms with Crippen LogP contribution in [0.25, 0.3) is 11.2 Å². The summed E-state index contributed by atoms with van der Waals surface area (Å²) >= 11 is 0. The summed E-state index contributed by atoms with van der Waals surface area (Å²) in [7, 11) is -3.06. The Labute approximate surface area is 318 Å². The van der Waals surface area contributed by atoms with Crippen LogP contribution in [0.15, 0.2) is 67.0 Å². The number of nitrogens with zero attached hydrogens (tertiary/aromatic N) is 4. The largest absolute Gasteiger partial charge is 0.479 e. The van der Waals surface area contributed by atoms with Crippen molar-refractivity contribution in [1.29, 1.82) is 0 Å². The van der Waals surface area contributed by atoms with Gasteiger partial charge in [0.2, 0.25) is 11.8 Å². The Morgan fingerprint density at radius 2 is 1.47 bits per heavy atom. The maximum absolute atomic E-state index is 15.1. The molecule has 17 nitrogen and oxygen atoms in total. The number of aromatic nitrogens is 4. The number of imidazole rings is 1. The van der Waals surface area contributed by atoms with Gasteiger partial charge in [-0.1, -0.05) is 60.7 Å². The number of anilines is 1. The van der Waals surface area contributed by atoms with Crippen LogP contribution in [0.3, 0.4) is 0 Å². The summed E-state index contributed by atoms with van der Waals surface area (Å²) in [6.45, 7) is 7.84. The number of hydrogen-bond acceptors (Lipinski definition) is 14. The summed E-state index contributed by atoms with van der Waals surface area (Å²) in [5, 5.41) is 29.2. The number of rotatable bonds is 17. The number of methoxy groups -OCH3 is 1. The van der Waals surface area contributed by atoms with Gasteiger partial charge in [-0.15, -0.1) is 0 Å². The molecule has 0 spiro atoms. The lowest BCUT2D eigenvalue weighted by molar-refractivity contribution is -0.150. The molecule has 296 valence electrons. The average molecular weight is 782 g/mol. The highest BCUT2D eigenvalue weighted by Crippen LogP contribution is 2.68. The molecule has 0 bridgehead atoms. The Morgan fingerprint density at radius 3 is 1.93 bits per heavy atom. The van der Waals surface area contributed by atoms with Crippen LogP contribution < -0.4 is 20.6 Å². The fourth-order valence-electron chi connectivity index (χ4n) is 7.09. The monoisotopic (exact) mass is 781 g/mol. The molecule has 3 heterocycles. The zero-order valence-corrected chi connectivity index (χ0v) is 32.4. The van der Waals surface area contributed by atoms with Crippen molar-refractivity contribution < 1.29 is 47.8 Å². The Hall–Kier alpha value is -4.48. The Morgan fingerprint density at radius 1 is 0.945 bits per heavy atom. The number of aliphatic hydroxyl groups excluding tert-OH is 1. The zero-order chi connectivity index (χ0) is 39.7. The summed E-state index contributed by atoms with van der Waals surface area (Å²) in [5.74, 6) is -1.35. The number of benzene rings is 2. The lowest BCUT2D eigenvalue weighted by Crippen LogP contribution is -2.47. The highest BCUT2D eigenvalue weighted by molar-refractivity contribution is 7.54. The van der Waals surface area contributed by atoms with E-state index in [9.17, 15) is 19.8 Å². The molecule has 2 fully saturated rings. The SMILES string of the molecule is COc1nc(N)nc2c1ncn2[C@@H]1C2(C)O[C@H](COP(=O)(NC(Cc3ccccc3)C(=O)OC(C)C)NC(Cc3ccccc3)C(=O)OC(C)C)C(O)C12O. The minimum Gasteiger partial charge on any atom is -0.479 e. The van der Waals surface area contributed by atoms with Crippen LogP contribution in [0.5, 0.6) is 5.88 Å². The Kier molecular flexibility index (Phi) is 11.6. The van der Waals surface area contributed by atoms with Gasteiger partial charge in [-0.25, -0.2) is 15.2 Å². The smallest absolute Gasteiger partial charge is 0.342 e. The minimum atomic E-state index is -4.47. The van der Waals surface area contributed by atoms with Gasteiger partial charge < -0.3 is 44.0 Å². The summed E-state index contributed by atoms with van der Waals surface area (Å²) in [6.07, 6.45) is -2.23. The highest BCUT2D eigenvalue weighted by atomic mass is 31.2. The molecule has 1 saturated carbocycles. The van der Waals surface area contributed by atoms with Gasteiger partial charge >= 0.3 is 19.6 Å². The second-order valence-electron chi connectivity index (χ2n) is 14.4. The lowest BCUT2D eigenvalue weighted by atomic mass is 10.1. The van der Waals surface area contributed by atoms with Gasteiger partial charge in [0.1, 0.15) is 41.5 Å². The fourth-order valence-corrected chi connectivity index (χ4v) is 8.88. The predicted molar refractivity (Wildman–Crippen MR) is 200 cm³/mol. The molecule has 1 aliphatic heterocycles. The number of fused-ring (bicyclic) bond motifs is 2. The number of nitrogens with one attached hydrogen (secondary N) is 2. The van der Waals surface area contributed by atoms with Crippen molar-refractivity contribution in [3.8, 4) is 5.88 Å². The van der Waals surface area contributed by atoms with Crippen molar-refractivity contribution >= 4 is 36.7 Å². The number of nitrogens with two attached hydrogens (primary N) is 1. The van der Waals surface area contributed by atoms with Gasteiger partial charge in [-0.05, 0) is 58.6 Å². The van der Waals surface area contributed by atoms with E-state index >= 15 is 4.57 Å². The normalized spacial score (nSPS) is 25.3. The molecule has 6 N–H and O–H groups in total. The predicted octanol–water partition coefficient (Wildman–Crippen LogP) is 2.65. The number of hydrogen-bond donors (Lipinski definition) is 5.